The predicted octanol–water partition coefficient (Wildman–Crippen LogP) is 4.24. The van der Waals surface area contributed by atoms with Crippen LogP contribution in [0.2, 0.25) is 5.02 Å². The number of carbonyl (C=O) groups excluding carboxylic acids is 1. The van der Waals surface area contributed by atoms with Crippen molar-refractivity contribution in [1.29, 1.82) is 0 Å². The van der Waals surface area contributed by atoms with Gasteiger partial charge in [0.05, 0.1) is 11.5 Å². The van der Waals surface area contributed by atoms with Crippen molar-refractivity contribution in [2.45, 2.75) is 13.0 Å². The molecule has 9 heteroatoms. The van der Waals surface area contributed by atoms with Gasteiger partial charge in [-0.3, -0.25) is 14.9 Å². The fourth-order valence-electron chi connectivity index (χ4n) is 3.24. The first-order valence-corrected chi connectivity index (χ1v) is 8.78. The number of benzene rings is 2. The van der Waals surface area contributed by atoms with Crippen LogP contribution in [0.4, 0.5) is 10.1 Å². The number of fused-ring (bicyclic) bond motifs is 1. The number of amides is 1. The van der Waals surface area contributed by atoms with E-state index in [0.29, 0.717) is 30.0 Å². The first-order valence-electron chi connectivity index (χ1n) is 8.40. The monoisotopic (exact) mass is 401 g/mol. The van der Waals surface area contributed by atoms with E-state index in [2.05, 4.69) is 5.16 Å². The molecule has 0 spiro atoms. The molecule has 0 bridgehead atoms. The minimum absolute atomic E-state index is 0.0277. The zero-order valence-corrected chi connectivity index (χ0v) is 15.1. The number of nitrogens with zero attached hydrogens (tertiary/aromatic N) is 3. The van der Waals surface area contributed by atoms with E-state index in [1.165, 1.54) is 29.2 Å². The van der Waals surface area contributed by atoms with Gasteiger partial charge in [-0.1, -0.05) is 16.8 Å². The molecule has 1 aromatic heterocycles. The highest BCUT2D eigenvalue weighted by molar-refractivity contribution is 6.31. The molecule has 1 amide bonds. The molecule has 0 atom stereocenters. The molecule has 3 aromatic rings. The summed E-state index contributed by atoms with van der Waals surface area (Å²) >= 11 is 5.81. The molecule has 28 heavy (non-hydrogen) atoms. The van der Waals surface area contributed by atoms with E-state index >= 15 is 0 Å². The molecule has 0 saturated carbocycles. The third kappa shape index (κ3) is 3.22. The highest BCUT2D eigenvalue weighted by Crippen LogP contribution is 2.32. The smallest absolute Gasteiger partial charge is 0.283 e. The van der Waals surface area contributed by atoms with Crippen LogP contribution in [0.3, 0.4) is 0 Å². The Balaban J connectivity index is 1.61. The fourth-order valence-corrected chi connectivity index (χ4v) is 3.41. The summed E-state index contributed by atoms with van der Waals surface area (Å²) in [4.78, 5) is 25.0. The van der Waals surface area contributed by atoms with Crippen molar-refractivity contribution in [3.63, 3.8) is 0 Å². The first-order chi connectivity index (χ1) is 13.4. The lowest BCUT2D eigenvalue weighted by Gasteiger charge is -2.26. The number of nitro groups is 1. The molecule has 0 radical (unpaired) electrons. The van der Waals surface area contributed by atoms with Crippen molar-refractivity contribution in [3.8, 4) is 11.3 Å². The van der Waals surface area contributed by atoms with E-state index in [1.807, 2.05) is 0 Å². The average molecular weight is 402 g/mol. The molecule has 4 rings (SSSR count). The number of nitro benzene ring substituents is 1. The van der Waals surface area contributed by atoms with Gasteiger partial charge in [0.15, 0.2) is 5.76 Å². The topological polar surface area (TPSA) is 89.5 Å². The maximum atomic E-state index is 13.1. The van der Waals surface area contributed by atoms with Crippen LogP contribution in [-0.4, -0.2) is 27.4 Å². The largest absolute Gasteiger partial charge is 0.356 e. The van der Waals surface area contributed by atoms with Crippen LogP contribution in [0.25, 0.3) is 11.3 Å². The van der Waals surface area contributed by atoms with Crippen LogP contribution < -0.4 is 0 Å². The molecule has 0 fully saturated rings. The second kappa shape index (κ2) is 7.05. The zero-order chi connectivity index (χ0) is 19.8. The SMILES string of the molecule is O=C(c1ccc(Cl)cc1[N+](=O)[O-])N1CCc2c(noc2-c2ccc(F)cc2)C1. The van der Waals surface area contributed by atoms with Crippen molar-refractivity contribution in [2.24, 2.45) is 0 Å². The molecule has 0 unspecified atom stereocenters. The van der Waals surface area contributed by atoms with Gasteiger partial charge in [0.1, 0.15) is 17.1 Å². The lowest BCUT2D eigenvalue weighted by atomic mass is 10.00. The van der Waals surface area contributed by atoms with Crippen molar-refractivity contribution < 1.29 is 18.6 Å². The number of hydrogen-bond acceptors (Lipinski definition) is 5. The van der Waals surface area contributed by atoms with Gasteiger partial charge in [-0.2, -0.15) is 0 Å². The second-order valence-corrected chi connectivity index (χ2v) is 6.78. The van der Waals surface area contributed by atoms with Gasteiger partial charge in [-0.25, -0.2) is 4.39 Å². The Morgan fingerprint density at radius 1 is 1.25 bits per heavy atom. The summed E-state index contributed by atoms with van der Waals surface area (Å²) in [6.07, 6.45) is 0.471. The van der Waals surface area contributed by atoms with Crippen molar-refractivity contribution in [3.05, 3.63) is 80.2 Å². The number of hydrogen-bond donors (Lipinski definition) is 0. The van der Waals surface area contributed by atoms with E-state index in [0.717, 1.165) is 11.6 Å². The van der Waals surface area contributed by atoms with E-state index < -0.39 is 10.8 Å². The van der Waals surface area contributed by atoms with E-state index in [4.69, 9.17) is 16.1 Å². The summed E-state index contributed by atoms with van der Waals surface area (Å²) in [6, 6.07) is 9.83. The first kappa shape index (κ1) is 18.1. The van der Waals surface area contributed by atoms with Crippen LogP contribution in [0.5, 0.6) is 0 Å². The molecule has 1 aliphatic rings. The lowest BCUT2D eigenvalue weighted by molar-refractivity contribution is -0.385. The quantitative estimate of drug-likeness (QED) is 0.483. The van der Waals surface area contributed by atoms with E-state index in [-0.39, 0.29) is 28.6 Å². The summed E-state index contributed by atoms with van der Waals surface area (Å²) in [5.41, 5.74) is 1.76. The highest BCUT2D eigenvalue weighted by Gasteiger charge is 2.31. The zero-order valence-electron chi connectivity index (χ0n) is 14.4. The summed E-state index contributed by atoms with van der Waals surface area (Å²) in [5.74, 6) is -0.279. The van der Waals surface area contributed by atoms with Crippen LogP contribution in [-0.2, 0) is 13.0 Å². The highest BCUT2D eigenvalue weighted by atomic mass is 35.5. The van der Waals surface area contributed by atoms with E-state index in [1.54, 1.807) is 12.1 Å². The van der Waals surface area contributed by atoms with Crippen LogP contribution in [0.15, 0.2) is 47.0 Å². The van der Waals surface area contributed by atoms with Crippen molar-refractivity contribution in [2.75, 3.05) is 6.54 Å². The number of halogens is 2. The molecule has 0 saturated heterocycles. The molecule has 2 aromatic carbocycles. The normalized spacial score (nSPS) is 13.3. The number of aromatic nitrogens is 1. The molecule has 0 N–H and O–H groups in total. The summed E-state index contributed by atoms with van der Waals surface area (Å²) in [6.45, 7) is 0.514. The standard InChI is InChI=1S/C19H13ClFN3O4/c20-12-3-6-15(17(9-12)24(26)27)19(25)23-8-7-14-16(10-23)22-28-18(14)11-1-4-13(21)5-2-11/h1-6,9H,7-8,10H2. The molecule has 2 heterocycles. The van der Waals surface area contributed by atoms with Gasteiger partial charge in [-0.05, 0) is 42.8 Å². The Labute approximate surface area is 163 Å². The Hall–Kier alpha value is -3.26. The van der Waals surface area contributed by atoms with Crippen LogP contribution in [0, 0.1) is 15.9 Å². The van der Waals surface area contributed by atoms with Crippen LogP contribution >= 0.6 is 11.6 Å². The third-order valence-electron chi connectivity index (χ3n) is 4.62. The Morgan fingerprint density at radius 3 is 2.71 bits per heavy atom. The predicted molar refractivity (Wildman–Crippen MR) is 98.4 cm³/mol. The molecule has 7 nitrogen and oxygen atoms in total. The maximum Gasteiger partial charge on any atom is 0.283 e. The Kier molecular flexibility index (Phi) is 4.56. The molecular formula is C19H13ClFN3O4. The maximum absolute atomic E-state index is 13.1. The minimum atomic E-state index is -0.628. The molecule has 142 valence electrons. The van der Waals surface area contributed by atoms with Crippen molar-refractivity contribution >= 4 is 23.2 Å². The van der Waals surface area contributed by atoms with Crippen LogP contribution in [0.1, 0.15) is 21.6 Å². The molecule has 1 aliphatic heterocycles. The number of rotatable bonds is 3. The third-order valence-corrected chi connectivity index (χ3v) is 4.86. The van der Waals surface area contributed by atoms with Crippen molar-refractivity contribution in [1.82, 2.24) is 10.1 Å². The van der Waals surface area contributed by atoms with Gasteiger partial charge in [0, 0.05) is 28.8 Å². The van der Waals surface area contributed by atoms with Gasteiger partial charge >= 0.3 is 0 Å². The second-order valence-electron chi connectivity index (χ2n) is 6.34. The molecule has 0 aliphatic carbocycles. The van der Waals surface area contributed by atoms with E-state index in [9.17, 15) is 19.3 Å². The Bertz CT molecular complexity index is 1080. The summed E-state index contributed by atoms with van der Waals surface area (Å²) in [7, 11) is 0. The van der Waals surface area contributed by atoms with Gasteiger partial charge in [0.2, 0.25) is 0 Å². The fraction of sp³-hybridized carbons (Fsp3) is 0.158. The summed E-state index contributed by atoms with van der Waals surface area (Å²) < 4.78 is 18.6. The average Bonchev–Trinajstić information content (AvgIpc) is 3.11. The minimum Gasteiger partial charge on any atom is -0.356 e. The number of carbonyl (C=O) groups is 1. The lowest BCUT2D eigenvalue weighted by Crippen LogP contribution is -2.36. The summed E-state index contributed by atoms with van der Waals surface area (Å²) in [5, 5.41) is 15.5. The Morgan fingerprint density at radius 2 is 2.00 bits per heavy atom. The molecular weight excluding hydrogens is 389 g/mol. The van der Waals surface area contributed by atoms with Gasteiger partial charge in [0.25, 0.3) is 11.6 Å². The van der Waals surface area contributed by atoms with Gasteiger partial charge in [-0.15, -0.1) is 0 Å². The van der Waals surface area contributed by atoms with Gasteiger partial charge < -0.3 is 9.42 Å².